The molecule has 0 spiro atoms. The largest absolute Gasteiger partial charge is 0.333 e. The van der Waals surface area contributed by atoms with Gasteiger partial charge in [0.15, 0.2) is 5.16 Å². The van der Waals surface area contributed by atoms with Crippen LogP contribution < -0.4 is 5.32 Å². The Labute approximate surface area is 167 Å². The van der Waals surface area contributed by atoms with Crippen LogP contribution >= 0.6 is 11.8 Å². The number of carbonyl (C=O) groups is 1. The van der Waals surface area contributed by atoms with Crippen molar-refractivity contribution >= 4 is 44.4 Å². The third-order valence-corrected chi connectivity index (χ3v) is 7.30. The van der Waals surface area contributed by atoms with Crippen molar-refractivity contribution in [3.05, 3.63) is 48.5 Å². The minimum Gasteiger partial charge on any atom is -0.333 e. The Kier molecular flexibility index (Phi) is 5.38. The third-order valence-electron chi connectivity index (χ3n) is 4.53. The summed E-state index contributed by atoms with van der Waals surface area (Å²) >= 11 is 1.30. The number of aromatic nitrogens is 2. The number of anilines is 1. The molecule has 28 heavy (non-hydrogen) atoms. The van der Waals surface area contributed by atoms with Crippen LogP contribution in [0, 0.1) is 0 Å². The Morgan fingerprint density at radius 2 is 1.93 bits per heavy atom. The Morgan fingerprint density at radius 3 is 2.71 bits per heavy atom. The van der Waals surface area contributed by atoms with Crippen molar-refractivity contribution < 1.29 is 13.2 Å². The maximum absolute atomic E-state index is 12.7. The fourth-order valence-corrected chi connectivity index (χ4v) is 5.39. The number of sulfonamides is 1. The smallest absolute Gasteiger partial charge is 0.243 e. The van der Waals surface area contributed by atoms with E-state index in [-0.39, 0.29) is 16.6 Å². The molecule has 1 aliphatic heterocycles. The van der Waals surface area contributed by atoms with Gasteiger partial charge in [-0.25, -0.2) is 13.4 Å². The molecule has 1 fully saturated rings. The van der Waals surface area contributed by atoms with Crippen LogP contribution in [0.1, 0.15) is 12.8 Å². The van der Waals surface area contributed by atoms with Crippen molar-refractivity contribution in [3.8, 4) is 0 Å². The van der Waals surface area contributed by atoms with E-state index in [1.807, 2.05) is 24.3 Å². The zero-order valence-corrected chi connectivity index (χ0v) is 16.7. The summed E-state index contributed by atoms with van der Waals surface area (Å²) in [5, 5.41) is 3.43. The van der Waals surface area contributed by atoms with Crippen LogP contribution in [0.15, 0.2) is 58.6 Å². The van der Waals surface area contributed by atoms with E-state index in [0.29, 0.717) is 23.9 Å². The summed E-state index contributed by atoms with van der Waals surface area (Å²) in [6.07, 6.45) is 1.77. The molecule has 0 atom stereocenters. The van der Waals surface area contributed by atoms with Gasteiger partial charge in [-0.2, -0.15) is 4.31 Å². The highest BCUT2D eigenvalue weighted by atomic mass is 32.2. The number of amides is 1. The summed E-state index contributed by atoms with van der Waals surface area (Å²) in [5.74, 6) is -0.0516. The van der Waals surface area contributed by atoms with Gasteiger partial charge in [-0.05, 0) is 43.2 Å². The molecular formula is C19H20N4O3S2. The minimum absolute atomic E-state index is 0.170. The number of nitrogens with zero attached hydrogens (tertiary/aromatic N) is 2. The molecule has 0 saturated carbocycles. The Bertz CT molecular complexity index is 1070. The van der Waals surface area contributed by atoms with Gasteiger partial charge in [-0.1, -0.05) is 30.0 Å². The number of hydrogen-bond acceptors (Lipinski definition) is 5. The maximum Gasteiger partial charge on any atom is 0.243 e. The fraction of sp³-hybridized carbons (Fsp3) is 0.263. The summed E-state index contributed by atoms with van der Waals surface area (Å²) in [6, 6.07) is 14.1. The molecule has 2 N–H and O–H groups in total. The molecule has 9 heteroatoms. The summed E-state index contributed by atoms with van der Waals surface area (Å²) in [4.78, 5) is 20.1. The highest BCUT2D eigenvalue weighted by Gasteiger charge is 2.27. The fourth-order valence-electron chi connectivity index (χ4n) is 3.14. The molecule has 1 saturated heterocycles. The normalized spacial score (nSPS) is 15.1. The standard InChI is InChI=1S/C19H20N4O3S2/c24-18(13-27-19-21-16-8-1-2-9-17(16)22-19)20-14-6-5-7-15(12-14)28(25,26)23-10-3-4-11-23/h1-2,5-9,12H,3-4,10-11,13H2,(H,20,24)(H,21,22). The lowest BCUT2D eigenvalue weighted by atomic mass is 10.3. The number of benzene rings is 2. The lowest BCUT2D eigenvalue weighted by molar-refractivity contribution is -0.113. The highest BCUT2D eigenvalue weighted by molar-refractivity contribution is 7.99. The summed E-state index contributed by atoms with van der Waals surface area (Å²) in [7, 11) is -3.51. The average Bonchev–Trinajstić information content (AvgIpc) is 3.36. The van der Waals surface area contributed by atoms with Gasteiger partial charge in [0.05, 0.1) is 21.7 Å². The molecule has 0 bridgehead atoms. The molecule has 146 valence electrons. The number of thioether (sulfide) groups is 1. The number of fused-ring (bicyclic) bond motifs is 1. The van der Waals surface area contributed by atoms with E-state index in [2.05, 4.69) is 15.3 Å². The SMILES string of the molecule is O=C(CSc1nc2ccccc2[nH]1)Nc1cccc(S(=O)(=O)N2CCCC2)c1. The topological polar surface area (TPSA) is 95.2 Å². The van der Waals surface area contributed by atoms with Crippen LogP contribution in [-0.4, -0.2) is 47.4 Å². The lowest BCUT2D eigenvalue weighted by Gasteiger charge is -2.16. The molecular weight excluding hydrogens is 396 g/mol. The van der Waals surface area contributed by atoms with E-state index in [1.165, 1.54) is 22.1 Å². The molecule has 1 aromatic heterocycles. The number of carbonyl (C=O) groups excluding carboxylic acids is 1. The second-order valence-electron chi connectivity index (χ2n) is 6.53. The van der Waals surface area contributed by atoms with Crippen LogP contribution in [-0.2, 0) is 14.8 Å². The number of H-pyrrole nitrogens is 1. The van der Waals surface area contributed by atoms with Crippen molar-refractivity contribution in [2.24, 2.45) is 0 Å². The number of nitrogens with one attached hydrogen (secondary N) is 2. The zero-order valence-electron chi connectivity index (χ0n) is 15.1. The van der Waals surface area contributed by atoms with Crippen LogP contribution in [0.25, 0.3) is 11.0 Å². The van der Waals surface area contributed by atoms with Crippen molar-refractivity contribution in [1.82, 2.24) is 14.3 Å². The van der Waals surface area contributed by atoms with E-state index >= 15 is 0 Å². The van der Waals surface area contributed by atoms with Gasteiger partial charge in [0.2, 0.25) is 15.9 Å². The lowest BCUT2D eigenvalue weighted by Crippen LogP contribution is -2.28. The summed E-state index contributed by atoms with van der Waals surface area (Å²) in [6.45, 7) is 1.10. The van der Waals surface area contributed by atoms with Crippen molar-refractivity contribution in [3.63, 3.8) is 0 Å². The van der Waals surface area contributed by atoms with E-state index in [9.17, 15) is 13.2 Å². The monoisotopic (exact) mass is 416 g/mol. The molecule has 4 rings (SSSR count). The zero-order chi connectivity index (χ0) is 19.6. The van der Waals surface area contributed by atoms with Gasteiger partial charge in [0.1, 0.15) is 0 Å². The molecule has 2 heterocycles. The predicted molar refractivity (Wildman–Crippen MR) is 110 cm³/mol. The molecule has 0 unspecified atom stereocenters. The van der Waals surface area contributed by atoms with Gasteiger partial charge in [-0.3, -0.25) is 4.79 Å². The first-order valence-corrected chi connectivity index (χ1v) is 11.4. The van der Waals surface area contributed by atoms with E-state index in [1.54, 1.807) is 18.2 Å². The number of rotatable bonds is 6. The number of imidazole rings is 1. The van der Waals surface area contributed by atoms with Gasteiger partial charge in [0, 0.05) is 18.8 Å². The molecule has 0 radical (unpaired) electrons. The highest BCUT2D eigenvalue weighted by Crippen LogP contribution is 2.24. The quantitative estimate of drug-likeness (QED) is 0.602. The first kappa shape index (κ1) is 19.0. The molecule has 2 aromatic carbocycles. The van der Waals surface area contributed by atoms with Crippen LogP contribution in [0.4, 0.5) is 5.69 Å². The Morgan fingerprint density at radius 1 is 1.14 bits per heavy atom. The van der Waals surface area contributed by atoms with Gasteiger partial charge < -0.3 is 10.3 Å². The average molecular weight is 417 g/mol. The van der Waals surface area contributed by atoms with Gasteiger partial charge in [0.25, 0.3) is 0 Å². The van der Waals surface area contributed by atoms with Gasteiger partial charge >= 0.3 is 0 Å². The summed E-state index contributed by atoms with van der Waals surface area (Å²) < 4.78 is 26.8. The first-order chi connectivity index (χ1) is 13.5. The second-order valence-corrected chi connectivity index (χ2v) is 9.44. The van der Waals surface area contributed by atoms with Crippen LogP contribution in [0.5, 0.6) is 0 Å². The molecule has 7 nitrogen and oxygen atoms in total. The van der Waals surface area contributed by atoms with E-state index in [0.717, 1.165) is 23.9 Å². The molecule has 1 aliphatic rings. The number of hydrogen-bond donors (Lipinski definition) is 2. The third kappa shape index (κ3) is 4.06. The van der Waals surface area contributed by atoms with Gasteiger partial charge in [-0.15, -0.1) is 0 Å². The van der Waals surface area contributed by atoms with Crippen molar-refractivity contribution in [2.45, 2.75) is 22.9 Å². The van der Waals surface area contributed by atoms with Crippen LogP contribution in [0.3, 0.4) is 0 Å². The van der Waals surface area contributed by atoms with E-state index < -0.39 is 10.0 Å². The van der Waals surface area contributed by atoms with Crippen molar-refractivity contribution in [2.75, 3.05) is 24.2 Å². The minimum atomic E-state index is -3.51. The maximum atomic E-state index is 12.7. The van der Waals surface area contributed by atoms with Crippen LogP contribution in [0.2, 0.25) is 0 Å². The number of para-hydroxylation sites is 2. The Hall–Kier alpha value is -2.36. The molecule has 3 aromatic rings. The first-order valence-electron chi connectivity index (χ1n) is 9.00. The molecule has 1 amide bonds. The van der Waals surface area contributed by atoms with Crippen molar-refractivity contribution in [1.29, 1.82) is 0 Å². The predicted octanol–water partition coefficient (Wildman–Crippen LogP) is 3.08. The molecule has 0 aliphatic carbocycles. The summed E-state index contributed by atoms with van der Waals surface area (Å²) in [5.41, 5.74) is 2.24. The number of aromatic amines is 1. The second kappa shape index (κ2) is 7.94. The van der Waals surface area contributed by atoms with E-state index in [4.69, 9.17) is 0 Å². The Balaban J connectivity index is 1.40.